The summed E-state index contributed by atoms with van der Waals surface area (Å²) in [7, 11) is 0. The van der Waals surface area contributed by atoms with E-state index < -0.39 is 0 Å². The predicted molar refractivity (Wildman–Crippen MR) is 76.9 cm³/mol. The van der Waals surface area contributed by atoms with E-state index in [-0.39, 0.29) is 18.4 Å². The Balaban J connectivity index is 2.49. The van der Waals surface area contributed by atoms with E-state index in [0.29, 0.717) is 11.6 Å². The van der Waals surface area contributed by atoms with Gasteiger partial charge in [-0.05, 0) is 37.1 Å². The molecule has 102 valence electrons. The van der Waals surface area contributed by atoms with Crippen LogP contribution in [0.3, 0.4) is 0 Å². The fourth-order valence-electron chi connectivity index (χ4n) is 1.37. The topological polar surface area (TPSA) is 58.2 Å². The highest BCUT2D eigenvalue weighted by Gasteiger charge is 2.01. The lowest BCUT2D eigenvalue weighted by molar-refractivity contribution is -0.123. The molecule has 0 aromatic heterocycles. The third-order valence-corrected chi connectivity index (χ3v) is 2.83. The molecule has 1 aromatic carbocycles. The number of aryl methyl sites for hydroxylation is 1. The number of likely N-dealkylation sites (N-methyl/N-ethyl adjacent to an activating group) is 1. The number of rotatable bonds is 5. The van der Waals surface area contributed by atoms with Crippen molar-refractivity contribution in [3.8, 4) is 0 Å². The number of benzene rings is 1. The molecule has 0 radical (unpaired) electrons. The first-order chi connectivity index (χ1) is 9.02. The van der Waals surface area contributed by atoms with Crippen LogP contribution in [0.15, 0.2) is 24.3 Å². The lowest BCUT2D eigenvalue weighted by Gasteiger charge is -2.02. The predicted octanol–water partition coefficient (Wildman–Crippen LogP) is 1.91. The van der Waals surface area contributed by atoms with Gasteiger partial charge in [0.1, 0.15) is 0 Å². The van der Waals surface area contributed by atoms with Crippen LogP contribution < -0.4 is 10.6 Å². The number of hydrogen-bond donors (Lipinski definition) is 2. The fraction of sp³-hybridized carbons (Fsp3) is 0.286. The number of halogens is 1. The summed E-state index contributed by atoms with van der Waals surface area (Å²) in [6, 6.07) is 5.54. The van der Waals surface area contributed by atoms with Gasteiger partial charge in [0.2, 0.25) is 11.8 Å². The van der Waals surface area contributed by atoms with E-state index in [0.717, 1.165) is 11.1 Å². The van der Waals surface area contributed by atoms with Gasteiger partial charge in [-0.3, -0.25) is 9.59 Å². The number of hydrogen-bond acceptors (Lipinski definition) is 2. The fourth-order valence-corrected chi connectivity index (χ4v) is 1.56. The number of amides is 2. The van der Waals surface area contributed by atoms with E-state index >= 15 is 0 Å². The van der Waals surface area contributed by atoms with Gasteiger partial charge in [-0.15, -0.1) is 0 Å². The van der Waals surface area contributed by atoms with Crippen LogP contribution in [0.2, 0.25) is 5.02 Å². The smallest absolute Gasteiger partial charge is 0.244 e. The van der Waals surface area contributed by atoms with Gasteiger partial charge in [-0.25, -0.2) is 0 Å². The van der Waals surface area contributed by atoms with E-state index in [2.05, 4.69) is 10.6 Å². The molecule has 5 heteroatoms. The van der Waals surface area contributed by atoms with E-state index in [1.807, 2.05) is 26.0 Å². The summed E-state index contributed by atoms with van der Waals surface area (Å²) in [5, 5.41) is 5.74. The van der Waals surface area contributed by atoms with Crippen molar-refractivity contribution in [3.63, 3.8) is 0 Å². The Morgan fingerprint density at radius 3 is 2.68 bits per heavy atom. The lowest BCUT2D eigenvalue weighted by Crippen LogP contribution is -2.35. The molecule has 0 atom stereocenters. The van der Waals surface area contributed by atoms with Gasteiger partial charge in [0.25, 0.3) is 0 Å². The van der Waals surface area contributed by atoms with Crippen LogP contribution in [0.4, 0.5) is 0 Å². The molecule has 0 unspecified atom stereocenters. The molecule has 2 amide bonds. The Kier molecular flexibility index (Phi) is 6.09. The van der Waals surface area contributed by atoms with Crippen molar-refractivity contribution in [3.05, 3.63) is 40.4 Å². The second-order valence-electron chi connectivity index (χ2n) is 4.01. The van der Waals surface area contributed by atoms with Gasteiger partial charge >= 0.3 is 0 Å². The summed E-state index contributed by atoms with van der Waals surface area (Å²) in [6.45, 7) is 4.26. The van der Waals surface area contributed by atoms with E-state index in [1.165, 1.54) is 6.08 Å². The van der Waals surface area contributed by atoms with Crippen molar-refractivity contribution >= 4 is 29.5 Å². The Hall–Kier alpha value is -1.81. The zero-order chi connectivity index (χ0) is 14.3. The maximum Gasteiger partial charge on any atom is 0.244 e. The Morgan fingerprint density at radius 2 is 2.05 bits per heavy atom. The molecule has 4 nitrogen and oxygen atoms in total. The maximum atomic E-state index is 11.5. The molecule has 0 bridgehead atoms. The zero-order valence-corrected chi connectivity index (χ0v) is 11.8. The van der Waals surface area contributed by atoms with Crippen molar-refractivity contribution in [1.29, 1.82) is 0 Å². The van der Waals surface area contributed by atoms with Crippen molar-refractivity contribution in [2.24, 2.45) is 0 Å². The molecule has 0 aliphatic heterocycles. The molecule has 1 aromatic rings. The van der Waals surface area contributed by atoms with Crippen LogP contribution in [0.5, 0.6) is 0 Å². The number of carbonyl (C=O) groups excluding carboxylic acids is 2. The van der Waals surface area contributed by atoms with E-state index in [1.54, 1.807) is 12.1 Å². The summed E-state index contributed by atoms with van der Waals surface area (Å²) in [6.07, 6.45) is 3.03. The van der Waals surface area contributed by atoms with Crippen LogP contribution in [-0.2, 0) is 9.59 Å². The molecule has 0 fully saturated rings. The summed E-state index contributed by atoms with van der Waals surface area (Å²) in [5.41, 5.74) is 1.82. The average molecular weight is 281 g/mol. The molecule has 0 aliphatic rings. The van der Waals surface area contributed by atoms with Crippen LogP contribution in [0.25, 0.3) is 6.08 Å². The Morgan fingerprint density at radius 1 is 1.32 bits per heavy atom. The first-order valence-electron chi connectivity index (χ1n) is 6.01. The largest absolute Gasteiger partial charge is 0.355 e. The molecular formula is C14H17ClN2O2. The molecule has 0 heterocycles. The first-order valence-corrected chi connectivity index (χ1v) is 6.39. The van der Waals surface area contributed by atoms with Crippen LogP contribution in [-0.4, -0.2) is 24.9 Å². The van der Waals surface area contributed by atoms with Crippen molar-refractivity contribution < 1.29 is 9.59 Å². The third-order valence-electron chi connectivity index (χ3n) is 2.42. The molecule has 0 saturated carbocycles. The lowest BCUT2D eigenvalue weighted by atomic mass is 10.1. The molecule has 2 N–H and O–H groups in total. The van der Waals surface area contributed by atoms with Gasteiger partial charge < -0.3 is 10.6 Å². The van der Waals surface area contributed by atoms with Gasteiger partial charge in [-0.1, -0.05) is 23.7 Å². The standard InChI is InChI=1S/C14H17ClN2O2/c1-3-16-14(19)9-17-13(18)7-6-11-5-4-10(2)12(15)8-11/h4-8H,3,9H2,1-2H3,(H,16,19)(H,17,18)/b7-6+. The average Bonchev–Trinajstić information content (AvgIpc) is 2.38. The minimum absolute atomic E-state index is 0.0222. The van der Waals surface area contributed by atoms with Crippen LogP contribution in [0, 0.1) is 6.92 Å². The second kappa shape index (κ2) is 7.59. The van der Waals surface area contributed by atoms with Gasteiger partial charge in [0.05, 0.1) is 6.54 Å². The van der Waals surface area contributed by atoms with Crippen LogP contribution in [0.1, 0.15) is 18.1 Å². The SMILES string of the molecule is CCNC(=O)CNC(=O)/C=C/c1ccc(C)c(Cl)c1. The first kappa shape index (κ1) is 15.2. The molecule has 0 saturated heterocycles. The van der Waals surface area contributed by atoms with Gasteiger partial charge in [-0.2, -0.15) is 0 Å². The van der Waals surface area contributed by atoms with Crippen molar-refractivity contribution in [1.82, 2.24) is 10.6 Å². The third kappa shape index (κ3) is 5.57. The van der Waals surface area contributed by atoms with Crippen LogP contribution >= 0.6 is 11.6 Å². The number of carbonyl (C=O) groups is 2. The molecule has 1 rings (SSSR count). The minimum atomic E-state index is -0.317. The van der Waals surface area contributed by atoms with Gasteiger partial charge in [0, 0.05) is 17.6 Å². The maximum absolute atomic E-state index is 11.5. The monoisotopic (exact) mass is 280 g/mol. The van der Waals surface area contributed by atoms with Crippen molar-refractivity contribution in [2.75, 3.05) is 13.1 Å². The molecular weight excluding hydrogens is 264 g/mol. The summed E-state index contributed by atoms with van der Waals surface area (Å²) < 4.78 is 0. The highest BCUT2D eigenvalue weighted by molar-refractivity contribution is 6.31. The minimum Gasteiger partial charge on any atom is -0.355 e. The molecule has 0 aliphatic carbocycles. The summed E-state index contributed by atoms with van der Waals surface area (Å²) in [4.78, 5) is 22.6. The summed E-state index contributed by atoms with van der Waals surface area (Å²) >= 11 is 5.98. The van der Waals surface area contributed by atoms with E-state index in [4.69, 9.17) is 11.6 Å². The highest BCUT2D eigenvalue weighted by Crippen LogP contribution is 2.17. The van der Waals surface area contributed by atoms with Crippen molar-refractivity contribution in [2.45, 2.75) is 13.8 Å². The summed E-state index contributed by atoms with van der Waals surface area (Å²) in [5.74, 6) is -0.523. The second-order valence-corrected chi connectivity index (χ2v) is 4.42. The Labute approximate surface area is 117 Å². The Bertz CT molecular complexity index is 498. The number of nitrogens with one attached hydrogen (secondary N) is 2. The normalized spacial score (nSPS) is 10.5. The molecule has 19 heavy (non-hydrogen) atoms. The van der Waals surface area contributed by atoms with E-state index in [9.17, 15) is 9.59 Å². The van der Waals surface area contributed by atoms with Gasteiger partial charge in [0.15, 0.2) is 0 Å². The quantitative estimate of drug-likeness (QED) is 0.810. The zero-order valence-electron chi connectivity index (χ0n) is 11.0. The molecule has 0 spiro atoms. The highest BCUT2D eigenvalue weighted by atomic mass is 35.5.